The number of hydrogen-bond acceptors (Lipinski definition) is 4. The number of thiophene rings is 1. The summed E-state index contributed by atoms with van der Waals surface area (Å²) in [4.78, 5) is 33.0. The number of nitrogens with zero attached hydrogens (tertiary/aromatic N) is 2. The molecule has 6 heteroatoms. The van der Waals surface area contributed by atoms with Gasteiger partial charge in [0.15, 0.2) is 0 Å². The molecular formula is C24H23N3O2S. The lowest BCUT2D eigenvalue weighted by Gasteiger charge is -2.22. The largest absolute Gasteiger partial charge is 0.325 e. The Balaban J connectivity index is 1.54. The zero-order valence-electron chi connectivity index (χ0n) is 17.0. The van der Waals surface area contributed by atoms with E-state index in [-0.39, 0.29) is 24.8 Å². The van der Waals surface area contributed by atoms with E-state index in [0.29, 0.717) is 17.3 Å². The predicted molar refractivity (Wildman–Crippen MR) is 123 cm³/mol. The molecule has 5 nitrogen and oxygen atoms in total. The molecule has 0 fully saturated rings. The Labute approximate surface area is 180 Å². The van der Waals surface area contributed by atoms with Crippen molar-refractivity contribution in [2.45, 2.75) is 26.2 Å². The molecule has 1 aliphatic heterocycles. The lowest BCUT2D eigenvalue weighted by molar-refractivity contribution is -0.120. The summed E-state index contributed by atoms with van der Waals surface area (Å²) in [6, 6.07) is 19.2. The van der Waals surface area contributed by atoms with Crippen LogP contribution in [0.1, 0.15) is 36.6 Å². The third-order valence-corrected chi connectivity index (χ3v) is 5.93. The van der Waals surface area contributed by atoms with Crippen molar-refractivity contribution in [3.8, 4) is 0 Å². The Morgan fingerprint density at radius 3 is 2.57 bits per heavy atom. The van der Waals surface area contributed by atoms with E-state index in [4.69, 9.17) is 4.99 Å². The Hall–Kier alpha value is -3.25. The van der Waals surface area contributed by atoms with Gasteiger partial charge in [-0.05, 0) is 47.2 Å². The Morgan fingerprint density at radius 2 is 1.87 bits per heavy atom. The second kappa shape index (κ2) is 8.63. The van der Waals surface area contributed by atoms with Crippen LogP contribution in [0.25, 0.3) is 0 Å². The second-order valence-corrected chi connectivity index (χ2v) is 8.45. The topological polar surface area (TPSA) is 61.8 Å². The van der Waals surface area contributed by atoms with E-state index in [1.165, 1.54) is 10.5 Å². The molecule has 2 aromatic carbocycles. The summed E-state index contributed by atoms with van der Waals surface area (Å²) in [6.45, 7) is 4.19. The summed E-state index contributed by atoms with van der Waals surface area (Å²) < 4.78 is 0. The number of hydrogen-bond donors (Lipinski definition) is 1. The van der Waals surface area contributed by atoms with Crippen LogP contribution in [0.3, 0.4) is 0 Å². The third kappa shape index (κ3) is 4.33. The average Bonchev–Trinajstić information content (AvgIpc) is 3.23. The predicted octanol–water partition coefficient (Wildman–Crippen LogP) is 5.37. The van der Waals surface area contributed by atoms with Gasteiger partial charge in [-0.3, -0.25) is 9.59 Å². The van der Waals surface area contributed by atoms with Gasteiger partial charge in [0.05, 0.1) is 23.5 Å². The summed E-state index contributed by atoms with van der Waals surface area (Å²) in [5.41, 5.74) is 4.01. The quantitative estimate of drug-likeness (QED) is 0.607. The van der Waals surface area contributed by atoms with Gasteiger partial charge in [-0.25, -0.2) is 4.99 Å². The minimum absolute atomic E-state index is 0.0605. The fraction of sp³-hybridized carbons (Fsp3) is 0.208. The molecule has 0 radical (unpaired) electrons. The van der Waals surface area contributed by atoms with Crippen molar-refractivity contribution >= 4 is 45.9 Å². The molecule has 0 unspecified atom stereocenters. The number of fused-ring (bicyclic) bond motifs is 1. The maximum Gasteiger partial charge on any atom is 0.244 e. The molecule has 30 heavy (non-hydrogen) atoms. The molecule has 1 aromatic heterocycles. The molecule has 0 aliphatic carbocycles. The molecule has 152 valence electrons. The van der Waals surface area contributed by atoms with Crippen molar-refractivity contribution in [1.29, 1.82) is 0 Å². The number of anilines is 2. The van der Waals surface area contributed by atoms with Crippen LogP contribution < -0.4 is 10.2 Å². The van der Waals surface area contributed by atoms with Crippen LogP contribution in [0, 0.1) is 0 Å². The van der Waals surface area contributed by atoms with Crippen molar-refractivity contribution in [1.82, 2.24) is 0 Å². The van der Waals surface area contributed by atoms with Gasteiger partial charge in [0, 0.05) is 10.6 Å². The lowest BCUT2D eigenvalue weighted by Crippen LogP contribution is -2.38. The number of para-hydroxylation sites is 2. The number of nitrogens with one attached hydrogen (secondary N) is 1. The van der Waals surface area contributed by atoms with Gasteiger partial charge in [0.1, 0.15) is 6.54 Å². The first kappa shape index (κ1) is 20.0. The SMILES string of the molecule is CC(C)c1ccc(NC(=O)CN2C(=O)CC(c3cccs3)=Nc3ccccc32)cc1. The molecule has 0 bridgehead atoms. The summed E-state index contributed by atoms with van der Waals surface area (Å²) in [5.74, 6) is 0.0472. The second-order valence-electron chi connectivity index (χ2n) is 7.51. The molecular weight excluding hydrogens is 394 g/mol. The zero-order chi connectivity index (χ0) is 21.1. The fourth-order valence-corrected chi connectivity index (χ4v) is 4.11. The van der Waals surface area contributed by atoms with Crippen molar-refractivity contribution in [3.63, 3.8) is 0 Å². The third-order valence-electron chi connectivity index (χ3n) is 5.02. The van der Waals surface area contributed by atoms with Crippen LogP contribution >= 0.6 is 11.3 Å². The molecule has 2 amide bonds. The number of rotatable bonds is 5. The minimum atomic E-state index is -0.241. The van der Waals surface area contributed by atoms with Crippen molar-refractivity contribution in [2.24, 2.45) is 4.99 Å². The standard InChI is InChI=1S/C24H23N3O2S/c1-16(2)17-9-11-18(12-10-17)25-23(28)15-27-21-7-4-3-6-19(21)26-20(14-24(27)29)22-8-5-13-30-22/h3-13,16H,14-15H2,1-2H3,(H,25,28). The fourth-order valence-electron chi connectivity index (χ4n) is 3.40. The van der Waals surface area contributed by atoms with Crippen LogP contribution in [0.15, 0.2) is 71.0 Å². The maximum atomic E-state index is 13.1. The highest BCUT2D eigenvalue weighted by Crippen LogP contribution is 2.33. The molecule has 4 rings (SSSR count). The summed E-state index contributed by atoms with van der Waals surface area (Å²) in [7, 11) is 0. The van der Waals surface area contributed by atoms with Gasteiger partial charge in [-0.1, -0.05) is 44.2 Å². The summed E-state index contributed by atoms with van der Waals surface area (Å²) in [5, 5.41) is 4.86. The molecule has 0 spiro atoms. The zero-order valence-corrected chi connectivity index (χ0v) is 17.8. The van der Waals surface area contributed by atoms with E-state index in [0.717, 1.165) is 16.3 Å². The summed E-state index contributed by atoms with van der Waals surface area (Å²) in [6.07, 6.45) is 0.158. The van der Waals surface area contributed by atoms with Crippen molar-refractivity contribution < 1.29 is 9.59 Å². The number of carbonyl (C=O) groups excluding carboxylic acids is 2. The van der Waals surface area contributed by atoms with E-state index in [1.807, 2.05) is 66.0 Å². The van der Waals surface area contributed by atoms with Gasteiger partial charge >= 0.3 is 0 Å². The van der Waals surface area contributed by atoms with E-state index >= 15 is 0 Å². The molecule has 0 saturated heterocycles. The van der Waals surface area contributed by atoms with E-state index in [2.05, 4.69) is 19.2 Å². The van der Waals surface area contributed by atoms with Gasteiger partial charge in [0.25, 0.3) is 0 Å². The number of aliphatic imine (C=N–C) groups is 1. The van der Waals surface area contributed by atoms with Gasteiger partial charge in [0.2, 0.25) is 11.8 Å². The highest BCUT2D eigenvalue weighted by Gasteiger charge is 2.26. The smallest absolute Gasteiger partial charge is 0.244 e. The Kier molecular flexibility index (Phi) is 5.77. The van der Waals surface area contributed by atoms with Crippen LogP contribution in [0.5, 0.6) is 0 Å². The van der Waals surface area contributed by atoms with Gasteiger partial charge in [-0.2, -0.15) is 0 Å². The van der Waals surface area contributed by atoms with Crippen LogP contribution in [0.2, 0.25) is 0 Å². The van der Waals surface area contributed by atoms with Gasteiger partial charge in [-0.15, -0.1) is 11.3 Å². The van der Waals surface area contributed by atoms with Crippen LogP contribution in [-0.2, 0) is 9.59 Å². The normalized spacial score (nSPS) is 13.6. The highest BCUT2D eigenvalue weighted by atomic mass is 32.1. The first-order valence-corrected chi connectivity index (χ1v) is 10.8. The lowest BCUT2D eigenvalue weighted by atomic mass is 10.0. The molecule has 3 aromatic rings. The van der Waals surface area contributed by atoms with Crippen molar-refractivity contribution in [3.05, 3.63) is 76.5 Å². The Morgan fingerprint density at radius 1 is 1.10 bits per heavy atom. The average molecular weight is 418 g/mol. The van der Waals surface area contributed by atoms with Crippen LogP contribution in [0.4, 0.5) is 17.1 Å². The van der Waals surface area contributed by atoms with Gasteiger partial charge < -0.3 is 10.2 Å². The monoisotopic (exact) mass is 417 g/mol. The first-order chi connectivity index (χ1) is 14.5. The molecule has 1 N–H and O–H groups in total. The van der Waals surface area contributed by atoms with Crippen LogP contribution in [-0.4, -0.2) is 24.1 Å². The number of carbonyl (C=O) groups is 2. The molecule has 1 aliphatic rings. The highest BCUT2D eigenvalue weighted by molar-refractivity contribution is 7.12. The number of benzene rings is 2. The van der Waals surface area contributed by atoms with E-state index < -0.39 is 0 Å². The Bertz CT molecular complexity index is 1090. The number of amides is 2. The van der Waals surface area contributed by atoms with Crippen molar-refractivity contribution in [2.75, 3.05) is 16.8 Å². The van der Waals surface area contributed by atoms with E-state index in [9.17, 15) is 9.59 Å². The maximum absolute atomic E-state index is 13.1. The summed E-state index contributed by atoms with van der Waals surface area (Å²) >= 11 is 1.55. The minimum Gasteiger partial charge on any atom is -0.325 e. The van der Waals surface area contributed by atoms with E-state index in [1.54, 1.807) is 11.3 Å². The molecule has 0 atom stereocenters. The molecule has 2 heterocycles. The first-order valence-electron chi connectivity index (χ1n) is 9.92. The molecule has 0 saturated carbocycles.